The molecule has 1 saturated heterocycles. The van der Waals surface area contributed by atoms with Gasteiger partial charge in [-0.1, -0.05) is 6.07 Å². The Morgan fingerprint density at radius 2 is 2.08 bits per heavy atom. The third-order valence-corrected chi connectivity index (χ3v) is 4.64. The normalized spacial score (nSPS) is 15.5. The van der Waals surface area contributed by atoms with Crippen LogP contribution in [0.3, 0.4) is 0 Å². The number of amides is 1. The van der Waals surface area contributed by atoms with Crippen molar-refractivity contribution >= 4 is 11.6 Å². The summed E-state index contributed by atoms with van der Waals surface area (Å²) in [7, 11) is 0. The molecule has 1 amide bonds. The van der Waals surface area contributed by atoms with Gasteiger partial charge in [-0.05, 0) is 37.8 Å². The largest absolute Gasteiger partial charge is 0.339 e. The average Bonchev–Trinajstić information content (AvgIpc) is 3.08. The zero-order valence-corrected chi connectivity index (χ0v) is 13.6. The third-order valence-electron chi connectivity index (χ3n) is 4.64. The monoisotopic (exact) mass is 328 g/mol. The second-order valence-corrected chi connectivity index (χ2v) is 6.17. The molecule has 1 fully saturated rings. The number of nitro groups is 1. The summed E-state index contributed by atoms with van der Waals surface area (Å²) in [6.45, 7) is 3.85. The van der Waals surface area contributed by atoms with Gasteiger partial charge in [-0.15, -0.1) is 0 Å². The Labute approximate surface area is 140 Å². The first kappa shape index (κ1) is 16.2. The van der Waals surface area contributed by atoms with Crippen LogP contribution < -0.4 is 0 Å². The fraction of sp³-hybridized carbons (Fsp3) is 0.412. The van der Waals surface area contributed by atoms with Crippen LogP contribution in [0, 0.1) is 23.0 Å². The molecule has 24 heavy (non-hydrogen) atoms. The number of rotatable bonds is 4. The molecular weight excluding hydrogens is 308 g/mol. The summed E-state index contributed by atoms with van der Waals surface area (Å²) in [5, 5.41) is 15.3. The van der Waals surface area contributed by atoms with Crippen molar-refractivity contribution in [2.45, 2.75) is 26.3 Å². The maximum atomic E-state index is 12.7. The Morgan fingerprint density at radius 3 is 2.71 bits per heavy atom. The molecule has 0 spiro atoms. The molecule has 1 aromatic heterocycles. The molecule has 0 atom stereocenters. The highest BCUT2D eigenvalue weighted by molar-refractivity contribution is 5.96. The van der Waals surface area contributed by atoms with Gasteiger partial charge in [-0.3, -0.25) is 19.6 Å². The van der Waals surface area contributed by atoms with E-state index < -0.39 is 4.92 Å². The minimum absolute atomic E-state index is 0.00517. The molecule has 0 radical (unpaired) electrons. The average molecular weight is 328 g/mol. The Morgan fingerprint density at radius 1 is 1.33 bits per heavy atom. The molecule has 0 unspecified atom stereocenters. The van der Waals surface area contributed by atoms with Crippen LogP contribution in [0.1, 0.15) is 28.8 Å². The van der Waals surface area contributed by atoms with Gasteiger partial charge in [0.05, 0.1) is 4.92 Å². The van der Waals surface area contributed by atoms with Gasteiger partial charge >= 0.3 is 0 Å². The summed E-state index contributed by atoms with van der Waals surface area (Å²) in [5.41, 5.74) is 0.857. The molecule has 3 rings (SSSR count). The van der Waals surface area contributed by atoms with Crippen molar-refractivity contribution in [3.05, 3.63) is 57.9 Å². The second-order valence-electron chi connectivity index (χ2n) is 6.17. The molecule has 7 nitrogen and oxygen atoms in total. The van der Waals surface area contributed by atoms with Crippen LogP contribution in [0.2, 0.25) is 0 Å². The van der Waals surface area contributed by atoms with Crippen LogP contribution in [0.5, 0.6) is 0 Å². The van der Waals surface area contributed by atoms with Crippen LogP contribution in [0.15, 0.2) is 36.7 Å². The molecule has 7 heteroatoms. The fourth-order valence-corrected chi connectivity index (χ4v) is 3.21. The smallest absolute Gasteiger partial charge is 0.273 e. The van der Waals surface area contributed by atoms with Gasteiger partial charge < -0.3 is 4.90 Å². The predicted molar refractivity (Wildman–Crippen MR) is 88.7 cm³/mol. The first-order chi connectivity index (χ1) is 11.6. The van der Waals surface area contributed by atoms with Crippen molar-refractivity contribution in [2.75, 3.05) is 13.1 Å². The van der Waals surface area contributed by atoms with E-state index in [0.717, 1.165) is 19.4 Å². The first-order valence-corrected chi connectivity index (χ1v) is 8.07. The Kier molecular flexibility index (Phi) is 4.59. The van der Waals surface area contributed by atoms with Crippen molar-refractivity contribution in [1.82, 2.24) is 14.7 Å². The molecule has 126 valence electrons. The molecule has 2 aromatic rings. The molecule has 0 saturated carbocycles. The van der Waals surface area contributed by atoms with Crippen molar-refractivity contribution in [3.8, 4) is 0 Å². The third kappa shape index (κ3) is 3.29. The van der Waals surface area contributed by atoms with E-state index >= 15 is 0 Å². The van der Waals surface area contributed by atoms with Gasteiger partial charge in [0.2, 0.25) is 0 Å². The van der Waals surface area contributed by atoms with Crippen LogP contribution in [0.25, 0.3) is 0 Å². The summed E-state index contributed by atoms with van der Waals surface area (Å²) < 4.78 is 1.92. The number of likely N-dealkylation sites (tertiary alicyclic amines) is 1. The zero-order chi connectivity index (χ0) is 17.1. The summed E-state index contributed by atoms with van der Waals surface area (Å²) in [5.74, 6) is 0.383. The number of nitro benzene ring substituents is 1. The summed E-state index contributed by atoms with van der Waals surface area (Å²) in [4.78, 5) is 25.1. The van der Waals surface area contributed by atoms with E-state index in [9.17, 15) is 14.9 Å². The second kappa shape index (κ2) is 6.82. The number of nitrogens with zero attached hydrogens (tertiary/aromatic N) is 4. The quantitative estimate of drug-likeness (QED) is 0.638. The molecule has 1 aromatic carbocycles. The summed E-state index contributed by atoms with van der Waals surface area (Å²) in [6, 6.07) is 6.58. The zero-order valence-electron chi connectivity index (χ0n) is 13.6. The highest BCUT2D eigenvalue weighted by Crippen LogP contribution is 2.25. The molecule has 1 aliphatic heterocycles. The molecule has 0 N–H and O–H groups in total. The number of carbonyl (C=O) groups excluding carboxylic acids is 1. The Balaban J connectivity index is 1.65. The van der Waals surface area contributed by atoms with Gasteiger partial charge in [-0.2, -0.15) is 5.10 Å². The van der Waals surface area contributed by atoms with Crippen molar-refractivity contribution in [2.24, 2.45) is 5.92 Å². The lowest BCUT2D eigenvalue weighted by Crippen LogP contribution is -2.39. The Bertz CT molecular complexity index is 734. The van der Waals surface area contributed by atoms with E-state index in [1.165, 1.54) is 6.07 Å². The van der Waals surface area contributed by atoms with Crippen LogP contribution in [-0.4, -0.2) is 38.6 Å². The molecule has 0 bridgehead atoms. The molecular formula is C17H20N4O3. The number of benzene rings is 1. The van der Waals surface area contributed by atoms with E-state index in [4.69, 9.17) is 0 Å². The van der Waals surface area contributed by atoms with Crippen LogP contribution >= 0.6 is 0 Å². The summed E-state index contributed by atoms with van der Waals surface area (Å²) in [6.07, 6.45) is 5.55. The topological polar surface area (TPSA) is 81.3 Å². The van der Waals surface area contributed by atoms with Crippen molar-refractivity contribution in [1.29, 1.82) is 0 Å². The highest BCUT2D eigenvalue weighted by atomic mass is 16.6. The standard InChI is InChI=1S/C17H20N4O3/c1-13-15(4-2-5-16(13)21(23)24)17(22)19-10-6-14(7-11-19)12-20-9-3-8-18-20/h2-5,8-9,14H,6-7,10-12H2,1H3. The fourth-order valence-electron chi connectivity index (χ4n) is 3.21. The lowest BCUT2D eigenvalue weighted by Gasteiger charge is -2.32. The first-order valence-electron chi connectivity index (χ1n) is 8.07. The Hall–Kier alpha value is -2.70. The van der Waals surface area contributed by atoms with Crippen molar-refractivity contribution < 1.29 is 9.72 Å². The van der Waals surface area contributed by atoms with E-state index in [1.54, 1.807) is 30.2 Å². The summed E-state index contributed by atoms with van der Waals surface area (Å²) >= 11 is 0. The number of piperidine rings is 1. The molecule has 1 aliphatic rings. The van der Waals surface area contributed by atoms with Gasteiger partial charge in [0.1, 0.15) is 0 Å². The highest BCUT2D eigenvalue weighted by Gasteiger charge is 2.26. The van der Waals surface area contributed by atoms with E-state index in [-0.39, 0.29) is 11.6 Å². The van der Waals surface area contributed by atoms with Gasteiger partial charge in [0, 0.05) is 49.2 Å². The van der Waals surface area contributed by atoms with Crippen LogP contribution in [-0.2, 0) is 6.54 Å². The van der Waals surface area contributed by atoms with E-state index in [2.05, 4.69) is 5.10 Å². The maximum Gasteiger partial charge on any atom is 0.273 e. The maximum absolute atomic E-state index is 12.7. The number of hydrogen-bond acceptors (Lipinski definition) is 4. The molecule has 0 aliphatic carbocycles. The minimum Gasteiger partial charge on any atom is -0.339 e. The molecule has 2 heterocycles. The number of aromatic nitrogens is 2. The minimum atomic E-state index is -0.442. The van der Waals surface area contributed by atoms with E-state index in [0.29, 0.717) is 30.1 Å². The lowest BCUT2D eigenvalue weighted by molar-refractivity contribution is -0.385. The SMILES string of the molecule is Cc1c(C(=O)N2CCC(Cn3cccn3)CC2)cccc1[N+](=O)[O-]. The van der Waals surface area contributed by atoms with Crippen molar-refractivity contribution in [3.63, 3.8) is 0 Å². The van der Waals surface area contributed by atoms with E-state index in [1.807, 2.05) is 16.9 Å². The lowest BCUT2D eigenvalue weighted by atomic mass is 9.95. The van der Waals surface area contributed by atoms with Gasteiger partial charge in [0.15, 0.2) is 0 Å². The van der Waals surface area contributed by atoms with Gasteiger partial charge in [0.25, 0.3) is 11.6 Å². The predicted octanol–water partition coefficient (Wildman–Crippen LogP) is 2.65. The number of hydrogen-bond donors (Lipinski definition) is 0. The van der Waals surface area contributed by atoms with Crippen LogP contribution in [0.4, 0.5) is 5.69 Å². The van der Waals surface area contributed by atoms with Gasteiger partial charge in [-0.25, -0.2) is 0 Å². The number of carbonyl (C=O) groups is 1.